The highest BCUT2D eigenvalue weighted by atomic mass is 32.2. The van der Waals surface area contributed by atoms with Gasteiger partial charge in [-0.25, -0.2) is 0 Å². The van der Waals surface area contributed by atoms with E-state index in [0.29, 0.717) is 24.6 Å². The molecule has 0 spiro atoms. The van der Waals surface area contributed by atoms with Crippen LogP contribution in [-0.4, -0.2) is 66.3 Å². The van der Waals surface area contributed by atoms with Gasteiger partial charge in [0.25, 0.3) is 5.91 Å². The average Bonchev–Trinajstić information content (AvgIpc) is 3.20. The fourth-order valence-electron chi connectivity index (χ4n) is 5.40. The fourth-order valence-corrected chi connectivity index (χ4v) is 6.23. The molecular formula is C29H38N4O3S. The van der Waals surface area contributed by atoms with Crippen molar-refractivity contribution in [2.24, 2.45) is 0 Å². The van der Waals surface area contributed by atoms with Gasteiger partial charge in [0, 0.05) is 62.3 Å². The van der Waals surface area contributed by atoms with E-state index < -0.39 is 12.1 Å². The lowest BCUT2D eigenvalue weighted by molar-refractivity contribution is 0.0657. The zero-order valence-corrected chi connectivity index (χ0v) is 22.6. The highest BCUT2D eigenvalue weighted by Gasteiger charge is 2.26. The third-order valence-corrected chi connectivity index (χ3v) is 8.50. The first kappa shape index (κ1) is 26.1. The number of ether oxygens (including phenoxy) is 1. The quantitative estimate of drug-likeness (QED) is 0.372. The van der Waals surface area contributed by atoms with Gasteiger partial charge in [-0.3, -0.25) is 4.79 Å². The molecule has 0 bridgehead atoms. The highest BCUT2D eigenvalue weighted by molar-refractivity contribution is 8.00. The molecule has 1 saturated heterocycles. The maximum atomic E-state index is 13.7. The fraction of sp³-hybridized carbons (Fsp3) is 0.483. The van der Waals surface area contributed by atoms with Gasteiger partial charge in [-0.05, 0) is 60.9 Å². The summed E-state index contributed by atoms with van der Waals surface area (Å²) in [6, 6.07) is 14.0. The number of aryl methyl sites for hydroxylation is 2. The minimum absolute atomic E-state index is 0.151. The van der Waals surface area contributed by atoms with E-state index in [9.17, 15) is 9.90 Å². The van der Waals surface area contributed by atoms with E-state index in [1.54, 1.807) is 11.9 Å². The summed E-state index contributed by atoms with van der Waals surface area (Å²) in [5, 5.41) is 19.0. The number of hydrogen-bond acceptors (Lipinski definition) is 6. The van der Waals surface area contributed by atoms with Crippen LogP contribution in [0.4, 0.5) is 5.69 Å². The van der Waals surface area contributed by atoms with Gasteiger partial charge in [-0.15, -0.1) is 0 Å². The molecule has 7 nitrogen and oxygen atoms in total. The Morgan fingerprint density at radius 3 is 2.76 bits per heavy atom. The maximum Gasteiger partial charge on any atom is 0.251 e. The van der Waals surface area contributed by atoms with E-state index >= 15 is 0 Å². The van der Waals surface area contributed by atoms with Crippen molar-refractivity contribution < 1.29 is 14.6 Å². The molecule has 8 heteroatoms. The zero-order valence-electron chi connectivity index (χ0n) is 21.8. The molecule has 0 saturated carbocycles. The van der Waals surface area contributed by atoms with E-state index in [0.717, 1.165) is 61.4 Å². The number of aromatic nitrogens is 1. The number of aliphatic hydroxyl groups excluding tert-OH is 1. The molecule has 2 atom stereocenters. The summed E-state index contributed by atoms with van der Waals surface area (Å²) >= 11 is 1.77. The van der Waals surface area contributed by atoms with Crippen LogP contribution < -0.4 is 14.9 Å². The predicted octanol–water partition coefficient (Wildman–Crippen LogP) is 3.77. The van der Waals surface area contributed by atoms with Crippen molar-refractivity contribution in [2.45, 2.75) is 57.3 Å². The predicted molar refractivity (Wildman–Crippen MR) is 151 cm³/mol. The largest absolute Gasteiger partial charge is 0.390 e. The minimum atomic E-state index is -0.720. The molecule has 0 aliphatic carbocycles. The van der Waals surface area contributed by atoms with Crippen molar-refractivity contribution in [3.05, 3.63) is 65.4 Å². The molecule has 1 amide bonds. The van der Waals surface area contributed by atoms with E-state index in [2.05, 4.69) is 39.7 Å². The molecule has 2 aromatic carbocycles. The third-order valence-electron chi connectivity index (χ3n) is 7.55. The Morgan fingerprint density at radius 2 is 2.00 bits per heavy atom. The summed E-state index contributed by atoms with van der Waals surface area (Å²) < 4.78 is 9.96. The van der Waals surface area contributed by atoms with Gasteiger partial charge >= 0.3 is 0 Å². The van der Waals surface area contributed by atoms with Crippen LogP contribution in [0.5, 0.6) is 0 Å². The molecule has 0 radical (unpaired) electrons. The Bertz CT molecular complexity index is 1210. The number of nitrogens with one attached hydrogen (secondary N) is 2. The molecule has 2 aliphatic rings. The summed E-state index contributed by atoms with van der Waals surface area (Å²) in [6.45, 7) is 5.03. The van der Waals surface area contributed by atoms with Crippen LogP contribution in [0.25, 0.3) is 10.9 Å². The molecular weight excluding hydrogens is 484 g/mol. The number of nitrogens with zero attached hydrogens (tertiary/aromatic N) is 2. The minimum Gasteiger partial charge on any atom is -0.390 e. The Kier molecular flexibility index (Phi) is 8.39. The lowest BCUT2D eigenvalue weighted by atomic mass is 9.99. The van der Waals surface area contributed by atoms with Crippen molar-refractivity contribution in [1.29, 1.82) is 0 Å². The molecule has 3 heterocycles. The number of benzene rings is 2. The summed E-state index contributed by atoms with van der Waals surface area (Å²) in [6.07, 6.45) is 4.87. The monoisotopic (exact) mass is 522 g/mol. The number of amides is 1. The molecule has 1 fully saturated rings. The SMILES string of the molecule is CCc1cn2c3c(cc(C(=O)N[C@@H](Cc4ccccc4)[C@H](O)CNC4CCOCC4)cc13)N(C)SCC2. The number of aliphatic hydroxyl groups is 1. The lowest BCUT2D eigenvalue weighted by Crippen LogP contribution is -2.50. The van der Waals surface area contributed by atoms with Gasteiger partial charge in [0.15, 0.2) is 0 Å². The molecule has 3 N–H and O–H groups in total. The van der Waals surface area contributed by atoms with Crippen LogP contribution in [0.1, 0.15) is 41.3 Å². The van der Waals surface area contributed by atoms with E-state index in [1.165, 1.54) is 11.1 Å². The summed E-state index contributed by atoms with van der Waals surface area (Å²) in [7, 11) is 2.07. The summed E-state index contributed by atoms with van der Waals surface area (Å²) in [4.78, 5) is 13.7. The van der Waals surface area contributed by atoms with Crippen molar-refractivity contribution in [3.63, 3.8) is 0 Å². The second-order valence-corrected chi connectivity index (χ2v) is 11.3. The van der Waals surface area contributed by atoms with Crippen LogP contribution in [0, 0.1) is 0 Å². The van der Waals surface area contributed by atoms with E-state index in [4.69, 9.17) is 4.74 Å². The summed E-state index contributed by atoms with van der Waals surface area (Å²) in [5.74, 6) is 0.840. The first-order chi connectivity index (χ1) is 18.0. The molecule has 37 heavy (non-hydrogen) atoms. The molecule has 1 aromatic heterocycles. The third kappa shape index (κ3) is 5.98. The van der Waals surface area contributed by atoms with E-state index in [1.807, 2.05) is 42.5 Å². The normalized spacial score (nSPS) is 18.0. The van der Waals surface area contributed by atoms with Crippen molar-refractivity contribution in [1.82, 2.24) is 15.2 Å². The van der Waals surface area contributed by atoms with Crippen LogP contribution in [0.2, 0.25) is 0 Å². The van der Waals surface area contributed by atoms with Gasteiger partial charge in [0.2, 0.25) is 0 Å². The standard InChI is InChI=1S/C29H38N4O3S/c1-3-21-19-33-11-14-37-32(2)26-17-22(16-24(21)28(26)33)29(35)31-25(15-20-7-5-4-6-8-20)27(34)18-30-23-9-12-36-13-10-23/h4-8,16-17,19,23,25,27,30,34H,3,9-15,18H2,1-2H3,(H,31,35)/t25-,27+/m0/s1. The van der Waals surface area contributed by atoms with Gasteiger partial charge in [0.05, 0.1) is 23.3 Å². The van der Waals surface area contributed by atoms with Crippen molar-refractivity contribution in [2.75, 3.05) is 36.9 Å². The highest BCUT2D eigenvalue weighted by Crippen LogP contribution is 2.37. The topological polar surface area (TPSA) is 78.8 Å². The van der Waals surface area contributed by atoms with E-state index in [-0.39, 0.29) is 5.91 Å². The zero-order chi connectivity index (χ0) is 25.8. The van der Waals surface area contributed by atoms with Crippen LogP contribution in [0.15, 0.2) is 48.7 Å². The number of anilines is 1. The first-order valence-corrected chi connectivity index (χ1v) is 14.3. The van der Waals surface area contributed by atoms with Crippen LogP contribution in [0.3, 0.4) is 0 Å². The molecule has 5 rings (SSSR count). The number of carbonyl (C=O) groups is 1. The second kappa shape index (κ2) is 11.9. The first-order valence-electron chi connectivity index (χ1n) is 13.4. The Labute approximate surface area is 223 Å². The molecule has 2 aliphatic heterocycles. The van der Waals surface area contributed by atoms with Gasteiger partial charge < -0.3 is 29.3 Å². The van der Waals surface area contributed by atoms with Crippen LogP contribution >= 0.6 is 11.9 Å². The Morgan fingerprint density at radius 1 is 1.22 bits per heavy atom. The van der Waals surface area contributed by atoms with Crippen LogP contribution in [-0.2, 0) is 24.1 Å². The van der Waals surface area contributed by atoms with Crippen molar-refractivity contribution in [3.8, 4) is 0 Å². The van der Waals surface area contributed by atoms with Crippen molar-refractivity contribution >= 4 is 34.4 Å². The Balaban J connectivity index is 1.39. The molecule has 198 valence electrons. The van der Waals surface area contributed by atoms with Gasteiger partial charge in [0.1, 0.15) is 0 Å². The lowest BCUT2D eigenvalue weighted by Gasteiger charge is -2.28. The second-order valence-electron chi connectivity index (χ2n) is 10.1. The molecule has 0 unspecified atom stereocenters. The smallest absolute Gasteiger partial charge is 0.251 e. The average molecular weight is 523 g/mol. The molecule has 3 aromatic rings. The number of rotatable bonds is 9. The number of carbonyl (C=O) groups excluding carboxylic acids is 1. The summed E-state index contributed by atoms with van der Waals surface area (Å²) in [5.41, 5.74) is 5.23. The van der Waals surface area contributed by atoms with Gasteiger partial charge in [-0.1, -0.05) is 37.3 Å². The Hall–Kier alpha value is -2.52. The van der Waals surface area contributed by atoms with Gasteiger partial charge in [-0.2, -0.15) is 0 Å². The number of hydrogen-bond donors (Lipinski definition) is 3. The maximum absolute atomic E-state index is 13.7.